The predicted octanol–water partition coefficient (Wildman–Crippen LogP) is 1.12. The molecule has 1 aromatic rings. The summed E-state index contributed by atoms with van der Waals surface area (Å²) >= 11 is 0. The highest BCUT2D eigenvalue weighted by atomic mass is 19.4. The van der Waals surface area contributed by atoms with Gasteiger partial charge in [0.1, 0.15) is 0 Å². The zero-order chi connectivity index (χ0) is 14.1. The second-order valence-electron chi connectivity index (χ2n) is 3.86. The molecule has 1 aromatic heterocycles. The van der Waals surface area contributed by atoms with Crippen molar-refractivity contribution in [2.45, 2.75) is 26.6 Å². The number of hydrogen-bond acceptors (Lipinski definition) is 3. The van der Waals surface area contributed by atoms with E-state index in [0.29, 0.717) is 10.3 Å². The maximum absolute atomic E-state index is 12.5. The number of aliphatic carboxylic acids is 1. The second-order valence-corrected chi connectivity index (χ2v) is 3.86. The van der Waals surface area contributed by atoms with Gasteiger partial charge in [-0.1, -0.05) is 0 Å². The Bertz CT molecular complexity index is 522. The molecule has 1 unspecified atom stereocenters. The normalized spacial score (nSPS) is 13.4. The van der Waals surface area contributed by atoms with Gasteiger partial charge in [-0.2, -0.15) is 18.2 Å². The quantitative estimate of drug-likeness (QED) is 0.888. The van der Waals surface area contributed by atoms with E-state index in [9.17, 15) is 22.8 Å². The molecule has 5 nitrogen and oxygen atoms in total. The third kappa shape index (κ3) is 3.08. The predicted molar refractivity (Wildman–Crippen MR) is 55.2 cm³/mol. The molecule has 1 heterocycles. The van der Waals surface area contributed by atoms with Gasteiger partial charge < -0.3 is 5.11 Å². The van der Waals surface area contributed by atoms with Gasteiger partial charge in [-0.05, 0) is 19.9 Å². The van der Waals surface area contributed by atoms with E-state index in [0.717, 1.165) is 0 Å². The number of aromatic nitrogens is 2. The molecule has 1 atom stereocenters. The summed E-state index contributed by atoms with van der Waals surface area (Å²) in [5, 5.41) is 8.55. The molecule has 0 aliphatic rings. The highest BCUT2D eigenvalue weighted by Gasteiger charge is 2.45. The fraction of sp³-hybridized carbons (Fsp3) is 0.500. The lowest BCUT2D eigenvalue weighted by Gasteiger charge is -2.18. The van der Waals surface area contributed by atoms with Gasteiger partial charge >= 0.3 is 17.8 Å². The van der Waals surface area contributed by atoms with Gasteiger partial charge in [-0.15, -0.1) is 0 Å². The van der Waals surface area contributed by atoms with Crippen molar-refractivity contribution < 1.29 is 23.1 Å². The molecule has 18 heavy (non-hydrogen) atoms. The number of alkyl halides is 3. The molecule has 1 N–H and O–H groups in total. The maximum atomic E-state index is 12.5. The molecule has 0 bridgehead atoms. The van der Waals surface area contributed by atoms with Crippen molar-refractivity contribution in [3.8, 4) is 0 Å². The van der Waals surface area contributed by atoms with Gasteiger partial charge in [0.05, 0.1) is 0 Å². The highest BCUT2D eigenvalue weighted by Crippen LogP contribution is 2.27. The van der Waals surface area contributed by atoms with Gasteiger partial charge in [-0.3, -0.25) is 9.36 Å². The van der Waals surface area contributed by atoms with Crippen LogP contribution in [0.15, 0.2) is 10.9 Å². The number of rotatable bonds is 3. The molecular formula is C10H11F3N2O3. The van der Waals surface area contributed by atoms with Crippen molar-refractivity contribution in [2.75, 3.05) is 0 Å². The number of carboxylic acid groups (broad SMARTS) is 1. The summed E-state index contributed by atoms with van der Waals surface area (Å²) in [6, 6.07) is 1.41. The van der Waals surface area contributed by atoms with E-state index in [1.807, 2.05) is 0 Å². The topological polar surface area (TPSA) is 72.2 Å². The molecule has 0 radical (unpaired) electrons. The minimum Gasteiger partial charge on any atom is -0.481 e. The third-order valence-electron chi connectivity index (χ3n) is 2.40. The molecule has 100 valence electrons. The van der Waals surface area contributed by atoms with E-state index in [4.69, 9.17) is 5.11 Å². The smallest absolute Gasteiger partial charge is 0.403 e. The number of carboxylic acids is 1. The fourth-order valence-corrected chi connectivity index (χ4v) is 1.50. The molecular weight excluding hydrogens is 253 g/mol. The molecule has 0 amide bonds. The van der Waals surface area contributed by atoms with Crippen molar-refractivity contribution in [2.24, 2.45) is 5.92 Å². The SMILES string of the molecule is Cc1cc(C)n(CC(C(=O)O)C(F)(F)F)c(=O)n1. The molecule has 0 fully saturated rings. The first-order valence-electron chi connectivity index (χ1n) is 4.97. The molecule has 1 rings (SSSR count). The van der Waals surface area contributed by atoms with Crippen LogP contribution >= 0.6 is 0 Å². The molecule has 0 aliphatic carbocycles. The summed E-state index contributed by atoms with van der Waals surface area (Å²) in [6.45, 7) is 1.97. The first-order chi connectivity index (χ1) is 8.12. The van der Waals surface area contributed by atoms with E-state index in [1.165, 1.54) is 19.9 Å². The minimum atomic E-state index is -4.91. The van der Waals surface area contributed by atoms with E-state index in [-0.39, 0.29) is 5.69 Å². The van der Waals surface area contributed by atoms with Crippen molar-refractivity contribution in [1.29, 1.82) is 0 Å². The van der Waals surface area contributed by atoms with Crippen molar-refractivity contribution in [3.63, 3.8) is 0 Å². The van der Waals surface area contributed by atoms with Crippen LogP contribution < -0.4 is 5.69 Å². The standard InChI is InChI=1S/C10H11F3N2O3/c1-5-3-6(2)15(9(18)14-5)4-7(8(16)17)10(11,12)13/h3,7H,4H2,1-2H3,(H,16,17). The van der Waals surface area contributed by atoms with Gasteiger partial charge in [0.15, 0.2) is 5.92 Å². The fourth-order valence-electron chi connectivity index (χ4n) is 1.50. The lowest BCUT2D eigenvalue weighted by atomic mass is 10.1. The van der Waals surface area contributed by atoms with E-state index in [1.54, 1.807) is 0 Å². The lowest BCUT2D eigenvalue weighted by molar-refractivity contribution is -0.196. The number of carbonyl (C=O) groups is 1. The zero-order valence-corrected chi connectivity index (χ0v) is 9.65. The average Bonchev–Trinajstić information content (AvgIpc) is 2.12. The Hall–Kier alpha value is -1.86. The Kier molecular flexibility index (Phi) is 3.78. The highest BCUT2D eigenvalue weighted by molar-refractivity contribution is 5.70. The molecule has 0 spiro atoms. The largest absolute Gasteiger partial charge is 0.481 e. The Balaban J connectivity index is 3.18. The summed E-state index contributed by atoms with van der Waals surface area (Å²) < 4.78 is 38.2. The summed E-state index contributed by atoms with van der Waals surface area (Å²) in [7, 11) is 0. The van der Waals surface area contributed by atoms with Gasteiger partial charge in [0, 0.05) is 17.9 Å². The van der Waals surface area contributed by atoms with Crippen LogP contribution in [0.2, 0.25) is 0 Å². The van der Waals surface area contributed by atoms with Crippen LogP contribution in [0.3, 0.4) is 0 Å². The number of halogens is 3. The summed E-state index contributed by atoms with van der Waals surface area (Å²) in [5.41, 5.74) is -0.279. The molecule has 8 heteroatoms. The van der Waals surface area contributed by atoms with Crippen LogP contribution in [0.1, 0.15) is 11.4 Å². The maximum Gasteiger partial charge on any atom is 0.403 e. The molecule has 0 aliphatic heterocycles. The van der Waals surface area contributed by atoms with Gasteiger partial charge in [-0.25, -0.2) is 4.79 Å². The Morgan fingerprint density at radius 3 is 2.44 bits per heavy atom. The molecule has 0 saturated carbocycles. The summed E-state index contributed by atoms with van der Waals surface area (Å²) in [4.78, 5) is 25.5. The first kappa shape index (κ1) is 14.2. The third-order valence-corrected chi connectivity index (χ3v) is 2.40. The van der Waals surface area contributed by atoms with Crippen LogP contribution in [-0.4, -0.2) is 26.8 Å². The zero-order valence-electron chi connectivity index (χ0n) is 9.65. The Labute approximate surface area is 99.9 Å². The number of hydrogen-bond donors (Lipinski definition) is 1. The van der Waals surface area contributed by atoms with Gasteiger partial charge in [0.2, 0.25) is 0 Å². The minimum absolute atomic E-state index is 0.239. The number of aryl methyl sites for hydroxylation is 2. The van der Waals surface area contributed by atoms with Crippen LogP contribution in [0.5, 0.6) is 0 Å². The van der Waals surface area contributed by atoms with Crippen LogP contribution in [0, 0.1) is 19.8 Å². The van der Waals surface area contributed by atoms with E-state index < -0.39 is 30.3 Å². The van der Waals surface area contributed by atoms with Crippen molar-refractivity contribution in [3.05, 3.63) is 27.9 Å². The summed E-state index contributed by atoms with van der Waals surface area (Å²) in [6.07, 6.45) is -4.91. The number of nitrogens with zero attached hydrogens (tertiary/aromatic N) is 2. The van der Waals surface area contributed by atoms with Crippen LogP contribution in [0.25, 0.3) is 0 Å². The van der Waals surface area contributed by atoms with Crippen LogP contribution in [-0.2, 0) is 11.3 Å². The average molecular weight is 264 g/mol. The lowest BCUT2D eigenvalue weighted by Crippen LogP contribution is -2.38. The van der Waals surface area contributed by atoms with E-state index >= 15 is 0 Å². The molecule has 0 aromatic carbocycles. The Morgan fingerprint density at radius 2 is 2.06 bits per heavy atom. The monoisotopic (exact) mass is 264 g/mol. The second kappa shape index (κ2) is 4.79. The van der Waals surface area contributed by atoms with Crippen molar-refractivity contribution in [1.82, 2.24) is 9.55 Å². The summed E-state index contributed by atoms with van der Waals surface area (Å²) in [5.74, 6) is -4.65. The molecule has 0 saturated heterocycles. The van der Waals surface area contributed by atoms with E-state index in [2.05, 4.69) is 4.98 Å². The first-order valence-corrected chi connectivity index (χ1v) is 4.97. The van der Waals surface area contributed by atoms with Crippen molar-refractivity contribution >= 4 is 5.97 Å². The Morgan fingerprint density at radius 1 is 1.50 bits per heavy atom. The van der Waals surface area contributed by atoms with Crippen LogP contribution in [0.4, 0.5) is 13.2 Å². The van der Waals surface area contributed by atoms with Gasteiger partial charge in [0.25, 0.3) is 0 Å².